The van der Waals surface area contributed by atoms with Crippen LogP contribution in [0, 0.1) is 0 Å². The van der Waals surface area contributed by atoms with Crippen molar-refractivity contribution >= 4 is 5.97 Å². The molecule has 2 aromatic rings. The van der Waals surface area contributed by atoms with Crippen LogP contribution in [0.4, 0.5) is 39.5 Å². The van der Waals surface area contributed by atoms with Gasteiger partial charge in [-0.25, -0.2) is 4.79 Å². The van der Waals surface area contributed by atoms with Crippen molar-refractivity contribution in [2.24, 2.45) is 0 Å². The van der Waals surface area contributed by atoms with Crippen LogP contribution in [0.1, 0.15) is 23.1 Å². The number of ether oxygens (including phenoxy) is 2. The van der Waals surface area contributed by atoms with Crippen molar-refractivity contribution in [3.63, 3.8) is 0 Å². The Morgan fingerprint density at radius 2 is 1.33 bits per heavy atom. The van der Waals surface area contributed by atoms with E-state index in [4.69, 9.17) is 9.47 Å². The Kier molecular flexibility index (Phi) is 7.71. The highest BCUT2D eigenvalue weighted by molar-refractivity contribution is 5.81. The highest BCUT2D eigenvalue weighted by Crippen LogP contribution is 2.47. The van der Waals surface area contributed by atoms with Gasteiger partial charge in [-0.15, -0.1) is 0 Å². The van der Waals surface area contributed by atoms with E-state index in [1.807, 2.05) is 0 Å². The molecule has 0 saturated heterocycles. The van der Waals surface area contributed by atoms with E-state index in [9.17, 15) is 44.3 Å². The molecule has 180 valence electrons. The molecule has 0 aromatic heterocycles. The molecule has 0 atom stereocenters. The lowest BCUT2D eigenvalue weighted by Gasteiger charge is -2.21. The number of benzene rings is 2. The second-order valence-electron chi connectivity index (χ2n) is 6.54. The van der Waals surface area contributed by atoms with Crippen molar-refractivity contribution < 1.29 is 53.8 Å². The van der Waals surface area contributed by atoms with Gasteiger partial charge in [0.25, 0.3) is 0 Å². The second kappa shape index (κ2) is 9.75. The number of halogens is 9. The first kappa shape index (κ1) is 26.1. The van der Waals surface area contributed by atoms with Crippen LogP contribution < -0.4 is 4.74 Å². The van der Waals surface area contributed by atoms with Crippen LogP contribution in [0.15, 0.2) is 49.1 Å². The summed E-state index contributed by atoms with van der Waals surface area (Å²) in [6, 6.07) is 3.20. The van der Waals surface area contributed by atoms with Crippen molar-refractivity contribution in [1.82, 2.24) is 0 Å². The largest absolute Gasteiger partial charge is 0.493 e. The summed E-state index contributed by atoms with van der Waals surface area (Å²) in [5.74, 6) is -0.584. The lowest BCUT2D eigenvalue weighted by atomic mass is 9.91. The fourth-order valence-electron chi connectivity index (χ4n) is 2.76. The van der Waals surface area contributed by atoms with Crippen molar-refractivity contribution in [1.29, 1.82) is 0 Å². The first-order valence-corrected chi connectivity index (χ1v) is 9.06. The molecule has 0 aliphatic heterocycles. The van der Waals surface area contributed by atoms with Crippen LogP contribution in [-0.4, -0.2) is 19.2 Å². The van der Waals surface area contributed by atoms with Gasteiger partial charge in [-0.1, -0.05) is 18.7 Å². The number of hydrogen-bond acceptors (Lipinski definition) is 3. The van der Waals surface area contributed by atoms with E-state index in [1.54, 1.807) is 0 Å². The van der Waals surface area contributed by atoms with Crippen LogP contribution in [-0.2, 0) is 28.1 Å². The fraction of sp³-hybridized carbons (Fsp3) is 0.286. The average Bonchev–Trinajstić information content (AvgIpc) is 2.71. The molecule has 0 aliphatic carbocycles. The second-order valence-corrected chi connectivity index (χ2v) is 6.54. The van der Waals surface area contributed by atoms with Gasteiger partial charge in [-0.3, -0.25) is 0 Å². The number of esters is 1. The van der Waals surface area contributed by atoms with E-state index >= 15 is 0 Å². The topological polar surface area (TPSA) is 35.5 Å². The Balaban J connectivity index is 2.40. The molecule has 2 aromatic carbocycles. The molecule has 0 saturated carbocycles. The third-order valence-corrected chi connectivity index (χ3v) is 4.19. The molecule has 0 bridgehead atoms. The maximum absolute atomic E-state index is 13.5. The summed E-state index contributed by atoms with van der Waals surface area (Å²) in [6.07, 6.45) is -15.2. The predicted octanol–water partition coefficient (Wildman–Crippen LogP) is 6.91. The van der Waals surface area contributed by atoms with Gasteiger partial charge in [0.2, 0.25) is 0 Å². The van der Waals surface area contributed by atoms with E-state index in [-0.39, 0.29) is 37.5 Å². The minimum absolute atomic E-state index is 0.00561. The molecule has 2 rings (SSSR count). The van der Waals surface area contributed by atoms with Gasteiger partial charge in [-0.2, -0.15) is 39.5 Å². The highest BCUT2D eigenvalue weighted by atomic mass is 19.4. The zero-order valence-electron chi connectivity index (χ0n) is 16.5. The molecule has 0 heterocycles. The minimum atomic E-state index is -5.49. The Labute approximate surface area is 181 Å². The maximum atomic E-state index is 13.5. The number of rotatable bonds is 7. The van der Waals surface area contributed by atoms with E-state index in [2.05, 4.69) is 6.58 Å². The van der Waals surface area contributed by atoms with Crippen molar-refractivity contribution in [2.45, 2.75) is 24.9 Å². The zero-order chi connectivity index (χ0) is 25.0. The number of hydrogen-bond donors (Lipinski definition) is 0. The van der Waals surface area contributed by atoms with Gasteiger partial charge in [0, 0.05) is 18.1 Å². The molecule has 0 N–H and O–H groups in total. The van der Waals surface area contributed by atoms with E-state index in [0.717, 1.165) is 30.3 Å². The molecule has 3 nitrogen and oxygen atoms in total. The number of carbonyl (C=O) groups is 1. The van der Waals surface area contributed by atoms with Crippen molar-refractivity contribution in [3.05, 3.63) is 65.7 Å². The number of carbonyl (C=O) groups excluding carboxylic acids is 1. The van der Waals surface area contributed by atoms with Gasteiger partial charge in [-0.05, 0) is 29.8 Å². The molecule has 0 aliphatic rings. The molecule has 12 heteroatoms. The summed E-state index contributed by atoms with van der Waals surface area (Å²) in [7, 11) is 0. The van der Waals surface area contributed by atoms with Crippen LogP contribution in [0.5, 0.6) is 5.75 Å². The third-order valence-electron chi connectivity index (χ3n) is 4.19. The third kappa shape index (κ3) is 6.90. The molecule has 0 spiro atoms. The van der Waals surface area contributed by atoms with Crippen LogP contribution in [0.25, 0.3) is 11.1 Å². The van der Waals surface area contributed by atoms with Gasteiger partial charge < -0.3 is 9.47 Å². The summed E-state index contributed by atoms with van der Waals surface area (Å²) >= 11 is 0. The number of alkyl halides is 9. The summed E-state index contributed by atoms with van der Waals surface area (Å²) in [5.41, 5.74) is -8.23. The molecule has 0 radical (unpaired) electrons. The standard InChI is InChI=1S/C21H15F9O3/c1-2-17(31)33-9-3-8-32-14-6-4-12(5-7-14)18-15(20(25,26)27)10-13(19(22,23)24)11-16(18)21(28,29)30/h2,4-7,10-11H,1,3,8-9H2. The van der Waals surface area contributed by atoms with Crippen LogP contribution in [0.2, 0.25) is 0 Å². The van der Waals surface area contributed by atoms with Gasteiger partial charge >= 0.3 is 24.5 Å². The smallest absolute Gasteiger partial charge is 0.417 e. The minimum Gasteiger partial charge on any atom is -0.493 e. The van der Waals surface area contributed by atoms with Gasteiger partial charge in [0.05, 0.1) is 29.9 Å². The summed E-state index contributed by atoms with van der Waals surface area (Å²) in [4.78, 5) is 10.9. The summed E-state index contributed by atoms with van der Waals surface area (Å²) in [6.45, 7) is 3.19. The first-order chi connectivity index (χ1) is 15.1. The quantitative estimate of drug-likeness (QED) is 0.185. The Morgan fingerprint density at radius 3 is 1.76 bits per heavy atom. The molecular formula is C21H15F9O3. The monoisotopic (exact) mass is 486 g/mol. The van der Waals surface area contributed by atoms with E-state index < -0.39 is 52.3 Å². The SMILES string of the molecule is C=CC(=O)OCCCOc1ccc(-c2c(C(F)(F)F)cc(C(F)(F)F)cc2C(F)(F)F)cc1. The fourth-order valence-corrected chi connectivity index (χ4v) is 2.76. The van der Waals surface area contributed by atoms with Gasteiger partial charge in [0.1, 0.15) is 5.75 Å². The van der Waals surface area contributed by atoms with E-state index in [0.29, 0.717) is 0 Å². The molecule has 0 unspecified atom stereocenters. The molecular weight excluding hydrogens is 471 g/mol. The van der Waals surface area contributed by atoms with Gasteiger partial charge in [0.15, 0.2) is 0 Å². The zero-order valence-corrected chi connectivity index (χ0v) is 16.5. The molecule has 0 fully saturated rings. The Bertz CT molecular complexity index is 953. The van der Waals surface area contributed by atoms with Crippen molar-refractivity contribution in [3.8, 4) is 16.9 Å². The summed E-state index contributed by atoms with van der Waals surface area (Å²) < 4.78 is 130. The maximum Gasteiger partial charge on any atom is 0.417 e. The van der Waals surface area contributed by atoms with Crippen LogP contribution in [0.3, 0.4) is 0 Å². The lowest BCUT2D eigenvalue weighted by Crippen LogP contribution is -2.18. The molecule has 33 heavy (non-hydrogen) atoms. The normalized spacial score (nSPS) is 12.4. The lowest BCUT2D eigenvalue weighted by molar-refractivity contribution is -0.147. The van der Waals surface area contributed by atoms with E-state index in [1.165, 1.54) is 0 Å². The Morgan fingerprint density at radius 1 is 0.818 bits per heavy atom. The Hall–Kier alpha value is -3.18. The average molecular weight is 486 g/mol. The predicted molar refractivity (Wildman–Crippen MR) is 98.2 cm³/mol. The molecule has 0 amide bonds. The highest BCUT2D eigenvalue weighted by Gasteiger charge is 2.45. The first-order valence-electron chi connectivity index (χ1n) is 9.06. The van der Waals surface area contributed by atoms with Crippen LogP contribution >= 0.6 is 0 Å². The van der Waals surface area contributed by atoms with Crippen molar-refractivity contribution in [2.75, 3.05) is 13.2 Å². The summed E-state index contributed by atoms with van der Waals surface area (Å²) in [5, 5.41) is 0.